The van der Waals surface area contributed by atoms with Gasteiger partial charge in [0.1, 0.15) is 0 Å². The maximum atomic E-state index is 6.23. The first kappa shape index (κ1) is 13.3. The van der Waals surface area contributed by atoms with E-state index < -0.39 is 0 Å². The molecule has 0 amide bonds. The summed E-state index contributed by atoms with van der Waals surface area (Å²) in [7, 11) is 0. The SMILES string of the molecule is CCCCC(CC)N1CC2(CCOC[C@@H]2N)C1. The topological polar surface area (TPSA) is 38.5 Å². The molecule has 100 valence electrons. The standard InChI is InChI=1S/C14H28N2O/c1-3-5-6-12(4-2)16-10-14(11-16)7-8-17-9-13(14)15/h12-13H,3-11,15H2,1-2H3/t12?,13-/m0/s1. The van der Waals surface area contributed by atoms with Crippen LogP contribution in [0, 0.1) is 5.41 Å². The minimum atomic E-state index is 0.260. The van der Waals surface area contributed by atoms with Gasteiger partial charge in [0.25, 0.3) is 0 Å². The lowest BCUT2D eigenvalue weighted by Gasteiger charge is -2.57. The summed E-state index contributed by atoms with van der Waals surface area (Å²) >= 11 is 0. The number of nitrogens with zero attached hydrogens (tertiary/aromatic N) is 1. The van der Waals surface area contributed by atoms with Crippen LogP contribution in [0.15, 0.2) is 0 Å². The molecular weight excluding hydrogens is 212 g/mol. The molecule has 2 saturated heterocycles. The number of hydrogen-bond acceptors (Lipinski definition) is 3. The van der Waals surface area contributed by atoms with Gasteiger partial charge < -0.3 is 10.5 Å². The van der Waals surface area contributed by atoms with Gasteiger partial charge in [0.05, 0.1) is 6.61 Å². The summed E-state index contributed by atoms with van der Waals surface area (Å²) in [5.41, 5.74) is 6.61. The highest BCUT2D eigenvalue weighted by Gasteiger charge is 2.50. The van der Waals surface area contributed by atoms with Gasteiger partial charge in [-0.05, 0) is 19.3 Å². The van der Waals surface area contributed by atoms with Crippen LogP contribution in [-0.4, -0.2) is 43.3 Å². The molecule has 0 aromatic heterocycles. The third kappa shape index (κ3) is 2.67. The van der Waals surface area contributed by atoms with Gasteiger partial charge in [0.2, 0.25) is 0 Å². The minimum Gasteiger partial charge on any atom is -0.380 e. The second-order valence-corrected chi connectivity index (χ2v) is 5.90. The highest BCUT2D eigenvalue weighted by molar-refractivity contribution is 5.04. The molecule has 0 bridgehead atoms. The molecule has 0 aliphatic carbocycles. The number of ether oxygens (including phenoxy) is 1. The summed E-state index contributed by atoms with van der Waals surface area (Å²) in [6.45, 7) is 8.68. The van der Waals surface area contributed by atoms with Crippen LogP contribution in [0.25, 0.3) is 0 Å². The van der Waals surface area contributed by atoms with Crippen molar-refractivity contribution in [1.29, 1.82) is 0 Å². The van der Waals surface area contributed by atoms with Crippen molar-refractivity contribution in [3.8, 4) is 0 Å². The zero-order valence-electron chi connectivity index (χ0n) is 11.5. The van der Waals surface area contributed by atoms with Crippen LogP contribution in [0.5, 0.6) is 0 Å². The van der Waals surface area contributed by atoms with Crippen LogP contribution >= 0.6 is 0 Å². The molecule has 2 N–H and O–H groups in total. The Bertz CT molecular complexity index is 238. The maximum absolute atomic E-state index is 6.23. The second-order valence-electron chi connectivity index (χ2n) is 5.90. The predicted molar refractivity (Wildman–Crippen MR) is 71.0 cm³/mol. The number of rotatable bonds is 5. The fraction of sp³-hybridized carbons (Fsp3) is 1.00. The number of hydrogen-bond donors (Lipinski definition) is 1. The average Bonchev–Trinajstić information content (AvgIpc) is 2.30. The van der Waals surface area contributed by atoms with E-state index in [2.05, 4.69) is 18.7 Å². The van der Waals surface area contributed by atoms with E-state index in [0.29, 0.717) is 5.41 Å². The van der Waals surface area contributed by atoms with Crippen molar-refractivity contribution in [2.45, 2.75) is 58.0 Å². The smallest absolute Gasteiger partial charge is 0.0623 e. The van der Waals surface area contributed by atoms with Crippen LogP contribution in [-0.2, 0) is 4.74 Å². The highest BCUT2D eigenvalue weighted by atomic mass is 16.5. The second kappa shape index (κ2) is 5.68. The van der Waals surface area contributed by atoms with Gasteiger partial charge in [-0.3, -0.25) is 4.90 Å². The van der Waals surface area contributed by atoms with Crippen molar-refractivity contribution in [3.63, 3.8) is 0 Å². The van der Waals surface area contributed by atoms with Gasteiger partial charge >= 0.3 is 0 Å². The molecule has 0 aromatic carbocycles. The van der Waals surface area contributed by atoms with Crippen molar-refractivity contribution >= 4 is 0 Å². The first-order valence-corrected chi connectivity index (χ1v) is 7.29. The van der Waals surface area contributed by atoms with Crippen molar-refractivity contribution in [3.05, 3.63) is 0 Å². The summed E-state index contributed by atoms with van der Waals surface area (Å²) in [5.74, 6) is 0. The Kier molecular flexibility index (Phi) is 4.45. The van der Waals surface area contributed by atoms with E-state index in [9.17, 15) is 0 Å². The molecular formula is C14H28N2O. The number of nitrogens with two attached hydrogens (primary N) is 1. The van der Waals surface area contributed by atoms with Crippen LogP contribution in [0.1, 0.15) is 46.0 Å². The van der Waals surface area contributed by atoms with Gasteiger partial charge in [-0.25, -0.2) is 0 Å². The number of likely N-dealkylation sites (tertiary alicyclic amines) is 1. The maximum Gasteiger partial charge on any atom is 0.0623 e. The fourth-order valence-electron chi connectivity index (χ4n) is 3.35. The molecule has 2 aliphatic heterocycles. The summed E-state index contributed by atoms with van der Waals surface area (Å²) in [4.78, 5) is 2.65. The Morgan fingerprint density at radius 3 is 2.76 bits per heavy atom. The van der Waals surface area contributed by atoms with E-state index in [1.54, 1.807) is 0 Å². The molecule has 3 heteroatoms. The van der Waals surface area contributed by atoms with Crippen LogP contribution < -0.4 is 5.73 Å². The Morgan fingerprint density at radius 2 is 2.18 bits per heavy atom. The molecule has 17 heavy (non-hydrogen) atoms. The van der Waals surface area contributed by atoms with Crippen LogP contribution in [0.2, 0.25) is 0 Å². The van der Waals surface area contributed by atoms with E-state index in [4.69, 9.17) is 10.5 Å². The molecule has 1 unspecified atom stereocenters. The molecule has 3 nitrogen and oxygen atoms in total. The largest absolute Gasteiger partial charge is 0.380 e. The molecule has 0 radical (unpaired) electrons. The van der Waals surface area contributed by atoms with Crippen LogP contribution in [0.3, 0.4) is 0 Å². The van der Waals surface area contributed by atoms with Crippen molar-refractivity contribution in [2.75, 3.05) is 26.3 Å². The number of unbranched alkanes of at least 4 members (excludes halogenated alkanes) is 1. The Balaban J connectivity index is 1.83. The molecule has 2 atom stereocenters. The normalized spacial score (nSPS) is 30.2. The van der Waals surface area contributed by atoms with Crippen molar-refractivity contribution in [2.24, 2.45) is 11.1 Å². The quantitative estimate of drug-likeness (QED) is 0.799. The molecule has 2 aliphatic rings. The molecule has 0 saturated carbocycles. The van der Waals surface area contributed by atoms with Gasteiger partial charge in [0, 0.05) is 37.2 Å². The van der Waals surface area contributed by atoms with E-state index >= 15 is 0 Å². The first-order valence-electron chi connectivity index (χ1n) is 7.29. The summed E-state index contributed by atoms with van der Waals surface area (Å²) in [5, 5.41) is 0. The summed E-state index contributed by atoms with van der Waals surface area (Å²) in [6, 6.07) is 1.05. The van der Waals surface area contributed by atoms with Gasteiger partial charge in [-0.2, -0.15) is 0 Å². The highest BCUT2D eigenvalue weighted by Crippen LogP contribution is 2.41. The van der Waals surface area contributed by atoms with Gasteiger partial charge in [-0.15, -0.1) is 0 Å². The van der Waals surface area contributed by atoms with E-state index in [1.165, 1.54) is 38.8 Å². The Hall–Kier alpha value is -0.120. The predicted octanol–water partition coefficient (Wildman–Crippen LogP) is 2.00. The van der Waals surface area contributed by atoms with E-state index in [1.807, 2.05) is 0 Å². The van der Waals surface area contributed by atoms with E-state index in [-0.39, 0.29) is 6.04 Å². The zero-order chi connectivity index (χ0) is 12.3. The third-order valence-electron chi connectivity index (χ3n) is 4.74. The lowest BCUT2D eigenvalue weighted by Crippen LogP contribution is -2.68. The summed E-state index contributed by atoms with van der Waals surface area (Å²) < 4.78 is 5.46. The lowest BCUT2D eigenvalue weighted by molar-refractivity contribution is -0.112. The molecule has 2 heterocycles. The van der Waals surface area contributed by atoms with E-state index in [0.717, 1.165) is 25.7 Å². The Morgan fingerprint density at radius 1 is 1.41 bits per heavy atom. The van der Waals surface area contributed by atoms with Gasteiger partial charge in [-0.1, -0.05) is 26.7 Å². The minimum absolute atomic E-state index is 0.260. The fourth-order valence-corrected chi connectivity index (χ4v) is 3.35. The van der Waals surface area contributed by atoms with Crippen LogP contribution in [0.4, 0.5) is 0 Å². The molecule has 0 aromatic rings. The zero-order valence-corrected chi connectivity index (χ0v) is 11.5. The molecule has 1 spiro atoms. The Labute approximate surface area is 106 Å². The first-order chi connectivity index (χ1) is 8.22. The molecule has 2 fully saturated rings. The van der Waals surface area contributed by atoms with Gasteiger partial charge in [0.15, 0.2) is 0 Å². The third-order valence-corrected chi connectivity index (χ3v) is 4.74. The monoisotopic (exact) mass is 240 g/mol. The van der Waals surface area contributed by atoms with Crippen molar-refractivity contribution < 1.29 is 4.74 Å². The summed E-state index contributed by atoms with van der Waals surface area (Å²) in [6.07, 6.45) is 6.46. The molecule has 2 rings (SSSR count). The lowest BCUT2D eigenvalue weighted by atomic mass is 9.69. The van der Waals surface area contributed by atoms with Crippen molar-refractivity contribution in [1.82, 2.24) is 4.90 Å². The average molecular weight is 240 g/mol.